The number of nitrogens with zero attached hydrogens (tertiary/aromatic N) is 2. The Kier molecular flexibility index (Phi) is 7.65. The zero-order valence-corrected chi connectivity index (χ0v) is 18.1. The van der Waals surface area contributed by atoms with E-state index in [-0.39, 0.29) is 17.2 Å². The number of aromatic nitrogens is 2. The lowest BCUT2D eigenvalue weighted by atomic mass is 10.0. The molecule has 0 atom stereocenters. The fourth-order valence-electron chi connectivity index (χ4n) is 3.41. The maximum atomic E-state index is 13.0. The summed E-state index contributed by atoms with van der Waals surface area (Å²) in [5.74, 6) is 0.442. The van der Waals surface area contributed by atoms with Gasteiger partial charge in [0.2, 0.25) is 0 Å². The molecule has 0 saturated carbocycles. The molecular formula is C24H29N3O4. The van der Waals surface area contributed by atoms with Crippen molar-refractivity contribution in [1.29, 1.82) is 0 Å². The van der Waals surface area contributed by atoms with Crippen molar-refractivity contribution in [2.75, 3.05) is 18.9 Å². The van der Waals surface area contributed by atoms with Crippen LogP contribution in [0.5, 0.6) is 5.75 Å². The molecule has 2 aromatic heterocycles. The number of hydrogen-bond acceptors (Lipinski definition) is 6. The summed E-state index contributed by atoms with van der Waals surface area (Å²) >= 11 is 0. The number of pyridine rings is 2. The van der Waals surface area contributed by atoms with Crippen LogP contribution in [0, 0.1) is 0 Å². The average molecular weight is 424 g/mol. The number of carbonyl (C=O) groups excluding carboxylic acids is 1. The Labute approximate surface area is 181 Å². The molecule has 7 heteroatoms. The molecule has 0 unspecified atom stereocenters. The maximum Gasteiger partial charge on any atom is 0.305 e. The van der Waals surface area contributed by atoms with Crippen LogP contribution in [0.25, 0.3) is 22.2 Å². The van der Waals surface area contributed by atoms with E-state index in [1.807, 2.05) is 36.4 Å². The van der Waals surface area contributed by atoms with E-state index in [4.69, 9.17) is 15.2 Å². The molecule has 7 nitrogen and oxygen atoms in total. The van der Waals surface area contributed by atoms with Crippen LogP contribution in [0.4, 0.5) is 5.69 Å². The van der Waals surface area contributed by atoms with Crippen molar-refractivity contribution in [2.45, 2.75) is 46.1 Å². The van der Waals surface area contributed by atoms with Crippen LogP contribution in [-0.2, 0) is 16.1 Å². The standard InChI is InChI=1S/C24H29N3O4/c1-3-5-13-27-23-19(11-7-12-26-23)21(22(25)24(27)29)17-9-6-10-18(16-17)30-14-8-15-31-20(28)4-2/h6-7,9-12,16H,3-5,8,13-15,25H2,1-2H3. The van der Waals surface area contributed by atoms with Gasteiger partial charge >= 0.3 is 5.97 Å². The van der Waals surface area contributed by atoms with E-state index < -0.39 is 0 Å². The van der Waals surface area contributed by atoms with Crippen LogP contribution in [0.15, 0.2) is 47.4 Å². The first-order valence-corrected chi connectivity index (χ1v) is 10.7. The van der Waals surface area contributed by atoms with E-state index in [0.717, 1.165) is 23.8 Å². The van der Waals surface area contributed by atoms with E-state index in [1.54, 1.807) is 17.7 Å². The Morgan fingerprint density at radius 2 is 1.97 bits per heavy atom. The number of fused-ring (bicyclic) bond motifs is 1. The van der Waals surface area contributed by atoms with Crippen molar-refractivity contribution in [3.63, 3.8) is 0 Å². The molecule has 0 aliphatic heterocycles. The van der Waals surface area contributed by atoms with Crippen molar-refractivity contribution < 1.29 is 14.3 Å². The number of esters is 1. The van der Waals surface area contributed by atoms with E-state index >= 15 is 0 Å². The minimum atomic E-state index is -0.223. The summed E-state index contributed by atoms with van der Waals surface area (Å²) in [6, 6.07) is 11.3. The lowest BCUT2D eigenvalue weighted by molar-refractivity contribution is -0.143. The first-order valence-electron chi connectivity index (χ1n) is 10.7. The van der Waals surface area contributed by atoms with Gasteiger partial charge in [-0.1, -0.05) is 32.4 Å². The van der Waals surface area contributed by atoms with Gasteiger partial charge in [0.1, 0.15) is 17.1 Å². The molecule has 0 bridgehead atoms. The average Bonchev–Trinajstić information content (AvgIpc) is 2.79. The van der Waals surface area contributed by atoms with Crippen molar-refractivity contribution >= 4 is 22.7 Å². The predicted molar refractivity (Wildman–Crippen MR) is 122 cm³/mol. The molecule has 3 rings (SSSR count). The largest absolute Gasteiger partial charge is 0.493 e. The normalized spacial score (nSPS) is 10.9. The molecule has 164 valence electrons. The van der Waals surface area contributed by atoms with Gasteiger partial charge in [-0.3, -0.25) is 14.2 Å². The smallest absolute Gasteiger partial charge is 0.305 e. The van der Waals surface area contributed by atoms with E-state index in [9.17, 15) is 9.59 Å². The lowest BCUT2D eigenvalue weighted by Gasteiger charge is -2.16. The Hall–Kier alpha value is -3.35. The van der Waals surface area contributed by atoms with Crippen LogP contribution >= 0.6 is 0 Å². The second-order valence-corrected chi connectivity index (χ2v) is 7.28. The number of rotatable bonds is 10. The van der Waals surface area contributed by atoms with E-state index in [0.29, 0.717) is 49.6 Å². The number of nitrogen functional groups attached to an aromatic ring is 1. The molecule has 3 aromatic rings. The van der Waals surface area contributed by atoms with Crippen LogP contribution < -0.4 is 16.0 Å². The van der Waals surface area contributed by atoms with Gasteiger partial charge in [-0.2, -0.15) is 0 Å². The third-order valence-electron chi connectivity index (χ3n) is 5.02. The number of ether oxygens (including phenoxy) is 2. The molecule has 0 saturated heterocycles. The van der Waals surface area contributed by atoms with Gasteiger partial charge in [0.15, 0.2) is 0 Å². The zero-order chi connectivity index (χ0) is 22.2. The molecule has 0 aliphatic carbocycles. The quantitative estimate of drug-likeness (QED) is 0.388. The van der Waals surface area contributed by atoms with Crippen LogP contribution in [-0.4, -0.2) is 28.7 Å². The second kappa shape index (κ2) is 10.6. The van der Waals surface area contributed by atoms with Crippen LogP contribution in [0.1, 0.15) is 39.5 Å². The molecule has 0 radical (unpaired) electrons. The van der Waals surface area contributed by atoms with E-state index in [1.165, 1.54) is 0 Å². The van der Waals surface area contributed by atoms with Gasteiger partial charge in [-0.25, -0.2) is 4.98 Å². The Morgan fingerprint density at radius 3 is 2.74 bits per heavy atom. The summed E-state index contributed by atoms with van der Waals surface area (Å²) in [5, 5.41) is 0.833. The van der Waals surface area contributed by atoms with Crippen LogP contribution in [0.2, 0.25) is 0 Å². The topological polar surface area (TPSA) is 96.4 Å². The molecule has 0 amide bonds. The molecule has 0 fully saturated rings. The zero-order valence-electron chi connectivity index (χ0n) is 18.1. The number of anilines is 1. The monoisotopic (exact) mass is 423 g/mol. The summed E-state index contributed by atoms with van der Waals surface area (Å²) in [7, 11) is 0. The van der Waals surface area contributed by atoms with Crippen molar-refractivity contribution in [3.8, 4) is 16.9 Å². The molecule has 0 aliphatic rings. The predicted octanol–water partition coefficient (Wildman–Crippen LogP) is 4.17. The van der Waals surface area contributed by atoms with Gasteiger partial charge in [-0.05, 0) is 36.2 Å². The molecule has 2 heterocycles. The number of nitrogens with two attached hydrogens (primary N) is 1. The second-order valence-electron chi connectivity index (χ2n) is 7.28. The highest BCUT2D eigenvalue weighted by atomic mass is 16.5. The summed E-state index contributed by atoms with van der Waals surface area (Å²) in [4.78, 5) is 28.7. The summed E-state index contributed by atoms with van der Waals surface area (Å²) in [6.07, 6.45) is 4.50. The van der Waals surface area contributed by atoms with Crippen LogP contribution in [0.3, 0.4) is 0 Å². The minimum Gasteiger partial charge on any atom is -0.493 e. The lowest BCUT2D eigenvalue weighted by Crippen LogP contribution is -2.25. The van der Waals surface area contributed by atoms with Gasteiger partial charge in [-0.15, -0.1) is 0 Å². The number of unbranched alkanes of at least 4 members (excludes halogenated alkanes) is 1. The number of aryl methyl sites for hydroxylation is 1. The highest BCUT2D eigenvalue weighted by Gasteiger charge is 2.17. The summed E-state index contributed by atoms with van der Waals surface area (Å²) in [6.45, 7) is 5.16. The number of benzene rings is 1. The Bertz CT molecular complexity index is 1110. The summed E-state index contributed by atoms with van der Waals surface area (Å²) in [5.41, 5.74) is 8.42. The molecule has 0 spiro atoms. The highest BCUT2D eigenvalue weighted by molar-refractivity contribution is 5.99. The van der Waals surface area contributed by atoms with Gasteiger partial charge in [0, 0.05) is 36.5 Å². The van der Waals surface area contributed by atoms with Crippen molar-refractivity contribution in [2.24, 2.45) is 0 Å². The highest BCUT2D eigenvalue weighted by Crippen LogP contribution is 2.33. The Morgan fingerprint density at radius 1 is 1.13 bits per heavy atom. The fourth-order valence-corrected chi connectivity index (χ4v) is 3.41. The molecule has 2 N–H and O–H groups in total. The van der Waals surface area contributed by atoms with Crippen molar-refractivity contribution in [1.82, 2.24) is 9.55 Å². The van der Waals surface area contributed by atoms with Crippen molar-refractivity contribution in [3.05, 3.63) is 52.9 Å². The van der Waals surface area contributed by atoms with Gasteiger partial charge < -0.3 is 15.2 Å². The third kappa shape index (κ3) is 5.23. The fraction of sp³-hybridized carbons (Fsp3) is 0.375. The van der Waals surface area contributed by atoms with Gasteiger partial charge in [0.05, 0.1) is 13.2 Å². The Balaban J connectivity index is 1.89. The van der Waals surface area contributed by atoms with E-state index in [2.05, 4.69) is 11.9 Å². The molecule has 31 heavy (non-hydrogen) atoms. The molecule has 1 aromatic carbocycles. The number of carbonyl (C=O) groups is 1. The molecular weight excluding hydrogens is 394 g/mol. The minimum absolute atomic E-state index is 0.209. The van der Waals surface area contributed by atoms with Gasteiger partial charge in [0.25, 0.3) is 5.56 Å². The first-order chi connectivity index (χ1) is 15.1. The maximum absolute atomic E-state index is 13.0. The summed E-state index contributed by atoms with van der Waals surface area (Å²) < 4.78 is 12.5. The number of hydrogen-bond donors (Lipinski definition) is 1. The first kappa shape index (κ1) is 22.3. The SMILES string of the molecule is CCCCn1c(=O)c(N)c(-c2cccc(OCCCOC(=O)CC)c2)c2cccnc21. The third-order valence-corrected chi connectivity index (χ3v) is 5.02.